The molecule has 0 radical (unpaired) electrons. The van der Waals surface area contributed by atoms with E-state index in [-0.39, 0.29) is 0 Å². The highest BCUT2D eigenvalue weighted by Gasteiger charge is 2.20. The molecule has 0 fully saturated rings. The summed E-state index contributed by atoms with van der Waals surface area (Å²) in [6.07, 6.45) is 0. The van der Waals surface area contributed by atoms with Gasteiger partial charge in [0.1, 0.15) is 5.01 Å². The van der Waals surface area contributed by atoms with Gasteiger partial charge in [-0.05, 0) is 32.9 Å². The molecule has 0 aliphatic carbocycles. The zero-order valence-electron chi connectivity index (χ0n) is 12.3. The van der Waals surface area contributed by atoms with Gasteiger partial charge in [0, 0.05) is 5.38 Å². The van der Waals surface area contributed by atoms with Gasteiger partial charge in [0.25, 0.3) is 0 Å². The molecule has 0 amide bonds. The number of aromatic nitrogens is 1. The van der Waals surface area contributed by atoms with Gasteiger partial charge in [0.2, 0.25) is 0 Å². The van der Waals surface area contributed by atoms with E-state index in [0.717, 1.165) is 22.0 Å². The van der Waals surface area contributed by atoms with Gasteiger partial charge < -0.3 is 15.2 Å². The lowest BCUT2D eigenvalue weighted by Crippen LogP contribution is -2.28. The summed E-state index contributed by atoms with van der Waals surface area (Å²) in [6, 6.07) is 5.81. The SMILES string of the molecule is CCOc1c(OC)cccc1-c1nc(C(C)(C)N)cs1. The Bertz CT molecular complexity index is 588. The Kier molecular flexibility index (Phi) is 4.30. The maximum Gasteiger partial charge on any atom is 0.171 e. The van der Waals surface area contributed by atoms with Crippen LogP contribution in [0.5, 0.6) is 11.5 Å². The standard InChI is InChI=1S/C15H20N2O2S/c1-5-19-13-10(7-6-8-11(13)18-4)14-17-12(9-20-14)15(2,3)16/h6-9H,5,16H2,1-4H3. The highest BCUT2D eigenvalue weighted by Crippen LogP contribution is 2.39. The van der Waals surface area contributed by atoms with Crippen LogP contribution in [0.4, 0.5) is 0 Å². The summed E-state index contributed by atoms with van der Waals surface area (Å²) in [5, 5.41) is 2.88. The molecule has 108 valence electrons. The highest BCUT2D eigenvalue weighted by atomic mass is 32.1. The van der Waals surface area contributed by atoms with Crippen LogP contribution in [0.15, 0.2) is 23.6 Å². The van der Waals surface area contributed by atoms with Crippen molar-refractivity contribution in [3.8, 4) is 22.1 Å². The fourth-order valence-electron chi connectivity index (χ4n) is 1.83. The molecule has 0 saturated heterocycles. The van der Waals surface area contributed by atoms with Gasteiger partial charge in [-0.1, -0.05) is 6.07 Å². The van der Waals surface area contributed by atoms with E-state index in [4.69, 9.17) is 15.2 Å². The first-order chi connectivity index (χ1) is 9.47. The van der Waals surface area contributed by atoms with Crippen molar-refractivity contribution in [2.24, 2.45) is 5.73 Å². The predicted octanol–water partition coefficient (Wildman–Crippen LogP) is 3.41. The summed E-state index contributed by atoms with van der Waals surface area (Å²) >= 11 is 1.56. The number of hydrogen-bond acceptors (Lipinski definition) is 5. The first-order valence-corrected chi connectivity index (χ1v) is 7.40. The molecule has 0 spiro atoms. The van der Waals surface area contributed by atoms with Crippen LogP contribution in [0.3, 0.4) is 0 Å². The quantitative estimate of drug-likeness (QED) is 0.917. The summed E-state index contributed by atoms with van der Waals surface area (Å²) < 4.78 is 11.1. The zero-order valence-corrected chi connectivity index (χ0v) is 13.1. The third kappa shape index (κ3) is 2.94. The molecule has 2 N–H and O–H groups in total. The second-order valence-corrected chi connectivity index (χ2v) is 5.89. The smallest absolute Gasteiger partial charge is 0.171 e. The molecule has 0 bridgehead atoms. The molecule has 1 heterocycles. The monoisotopic (exact) mass is 292 g/mol. The molecule has 0 atom stereocenters. The van der Waals surface area contributed by atoms with Gasteiger partial charge in [0.05, 0.1) is 30.5 Å². The minimum absolute atomic E-state index is 0.445. The Morgan fingerprint density at radius 2 is 2.10 bits per heavy atom. The lowest BCUT2D eigenvalue weighted by molar-refractivity contribution is 0.312. The Hall–Kier alpha value is -1.59. The average molecular weight is 292 g/mol. The van der Waals surface area contributed by atoms with Gasteiger partial charge >= 0.3 is 0 Å². The first kappa shape index (κ1) is 14.8. The number of ether oxygens (including phenoxy) is 2. The normalized spacial score (nSPS) is 11.4. The van der Waals surface area contributed by atoms with Gasteiger partial charge in [-0.3, -0.25) is 0 Å². The first-order valence-electron chi connectivity index (χ1n) is 6.52. The number of nitrogens with two attached hydrogens (primary N) is 1. The van der Waals surface area contributed by atoms with Crippen LogP contribution >= 0.6 is 11.3 Å². The van der Waals surface area contributed by atoms with Crippen LogP contribution < -0.4 is 15.2 Å². The summed E-state index contributed by atoms with van der Waals surface area (Å²) in [6.45, 7) is 6.42. The van der Waals surface area contributed by atoms with Crippen molar-refractivity contribution in [2.75, 3.05) is 13.7 Å². The molecule has 1 aromatic heterocycles. The fraction of sp³-hybridized carbons (Fsp3) is 0.400. The molecule has 0 saturated carbocycles. The summed E-state index contributed by atoms with van der Waals surface area (Å²) in [7, 11) is 1.64. The molecule has 2 aromatic rings. The van der Waals surface area contributed by atoms with Crippen molar-refractivity contribution in [1.29, 1.82) is 0 Å². The van der Waals surface area contributed by atoms with E-state index < -0.39 is 5.54 Å². The third-order valence-electron chi connectivity index (χ3n) is 2.88. The molecule has 2 rings (SSSR count). The minimum Gasteiger partial charge on any atom is -0.493 e. The zero-order chi connectivity index (χ0) is 14.8. The number of nitrogens with zero attached hydrogens (tertiary/aromatic N) is 1. The molecular formula is C15H20N2O2S. The number of para-hydroxylation sites is 1. The van der Waals surface area contributed by atoms with Gasteiger partial charge in [0.15, 0.2) is 11.5 Å². The molecule has 5 heteroatoms. The summed E-state index contributed by atoms with van der Waals surface area (Å²) in [5.41, 5.74) is 7.46. The van der Waals surface area contributed by atoms with E-state index in [2.05, 4.69) is 4.98 Å². The number of rotatable bonds is 5. The molecule has 0 aliphatic rings. The number of benzene rings is 1. The van der Waals surface area contributed by atoms with Crippen molar-refractivity contribution in [1.82, 2.24) is 4.98 Å². The second kappa shape index (κ2) is 5.81. The Morgan fingerprint density at radius 1 is 1.35 bits per heavy atom. The van der Waals surface area contributed by atoms with Gasteiger partial charge in [-0.25, -0.2) is 4.98 Å². The summed E-state index contributed by atoms with van der Waals surface area (Å²) in [5.74, 6) is 1.45. The van der Waals surface area contributed by atoms with E-state index >= 15 is 0 Å². The lowest BCUT2D eigenvalue weighted by Gasteiger charge is -2.15. The van der Waals surface area contributed by atoms with E-state index in [9.17, 15) is 0 Å². The van der Waals surface area contributed by atoms with Crippen LogP contribution in [0.25, 0.3) is 10.6 Å². The molecule has 1 aromatic carbocycles. The molecule has 20 heavy (non-hydrogen) atoms. The molecule has 0 aliphatic heterocycles. The predicted molar refractivity (Wildman–Crippen MR) is 82.5 cm³/mol. The van der Waals surface area contributed by atoms with Crippen molar-refractivity contribution in [2.45, 2.75) is 26.3 Å². The van der Waals surface area contributed by atoms with Crippen LogP contribution in [-0.4, -0.2) is 18.7 Å². The number of hydrogen-bond donors (Lipinski definition) is 1. The largest absolute Gasteiger partial charge is 0.493 e. The minimum atomic E-state index is -0.445. The van der Waals surface area contributed by atoms with Crippen LogP contribution in [0.1, 0.15) is 26.5 Å². The Morgan fingerprint density at radius 3 is 2.65 bits per heavy atom. The van der Waals surface area contributed by atoms with E-state index in [1.165, 1.54) is 0 Å². The van der Waals surface area contributed by atoms with Crippen LogP contribution in [0, 0.1) is 0 Å². The molecular weight excluding hydrogens is 272 g/mol. The second-order valence-electron chi connectivity index (χ2n) is 5.03. The van der Waals surface area contributed by atoms with Crippen LogP contribution in [0.2, 0.25) is 0 Å². The van der Waals surface area contributed by atoms with Gasteiger partial charge in [-0.15, -0.1) is 11.3 Å². The van der Waals surface area contributed by atoms with E-state index in [1.54, 1.807) is 18.4 Å². The van der Waals surface area contributed by atoms with Crippen molar-refractivity contribution < 1.29 is 9.47 Å². The maximum atomic E-state index is 6.09. The van der Waals surface area contributed by atoms with Gasteiger partial charge in [-0.2, -0.15) is 0 Å². The van der Waals surface area contributed by atoms with E-state index in [1.807, 2.05) is 44.4 Å². The number of methoxy groups -OCH3 is 1. The van der Waals surface area contributed by atoms with Crippen LogP contribution in [-0.2, 0) is 5.54 Å². The van der Waals surface area contributed by atoms with Crippen molar-refractivity contribution in [3.05, 3.63) is 29.3 Å². The Balaban J connectivity index is 2.49. The van der Waals surface area contributed by atoms with Crippen molar-refractivity contribution >= 4 is 11.3 Å². The van der Waals surface area contributed by atoms with E-state index in [0.29, 0.717) is 12.4 Å². The Labute approximate surface area is 123 Å². The van der Waals surface area contributed by atoms with Crippen molar-refractivity contribution in [3.63, 3.8) is 0 Å². The maximum absolute atomic E-state index is 6.09. The number of thiazole rings is 1. The lowest BCUT2D eigenvalue weighted by atomic mass is 10.0. The summed E-state index contributed by atoms with van der Waals surface area (Å²) in [4.78, 5) is 4.63. The highest BCUT2D eigenvalue weighted by molar-refractivity contribution is 7.13. The molecule has 0 unspecified atom stereocenters. The fourth-order valence-corrected chi connectivity index (χ4v) is 2.85. The molecule has 4 nitrogen and oxygen atoms in total. The average Bonchev–Trinajstić information content (AvgIpc) is 2.88. The topological polar surface area (TPSA) is 57.4 Å². The third-order valence-corrected chi connectivity index (χ3v) is 3.76.